The zero-order chi connectivity index (χ0) is 10.7. The maximum atomic E-state index is 11.7. The van der Waals surface area contributed by atoms with E-state index in [0.717, 1.165) is 42.6 Å². The average molecular weight is 272 g/mol. The summed E-state index contributed by atoms with van der Waals surface area (Å²) in [5.41, 5.74) is 0.752. The van der Waals surface area contributed by atoms with E-state index in [9.17, 15) is 4.79 Å². The van der Waals surface area contributed by atoms with Crippen molar-refractivity contribution in [1.82, 2.24) is 10.2 Å². The number of halogens is 1. The Morgan fingerprint density at radius 3 is 3.27 bits per heavy atom. The highest BCUT2D eigenvalue weighted by Crippen LogP contribution is 2.23. The second-order valence-corrected chi connectivity index (χ2v) is 4.48. The molecular weight excluding hydrogens is 258 g/mol. The Hall–Kier alpha value is -0.840. The van der Waals surface area contributed by atoms with Crippen LogP contribution >= 0.6 is 15.9 Å². The van der Waals surface area contributed by atoms with Crippen molar-refractivity contribution < 1.29 is 4.79 Å². The SMILES string of the molecule is O=C1CCCN(CCCBr)c2[nH]ncc21. The van der Waals surface area contributed by atoms with Crippen molar-refractivity contribution >= 4 is 27.5 Å². The first-order valence-corrected chi connectivity index (χ1v) is 6.32. The van der Waals surface area contributed by atoms with E-state index in [1.165, 1.54) is 0 Å². The molecule has 0 saturated heterocycles. The Bertz CT molecular complexity index is 350. The molecule has 0 amide bonds. The van der Waals surface area contributed by atoms with Gasteiger partial charge in [0.05, 0.1) is 11.8 Å². The van der Waals surface area contributed by atoms with Crippen LogP contribution in [0.5, 0.6) is 0 Å². The van der Waals surface area contributed by atoms with E-state index in [1.807, 2.05) is 0 Å². The van der Waals surface area contributed by atoms with Gasteiger partial charge in [-0.25, -0.2) is 0 Å². The second-order valence-electron chi connectivity index (χ2n) is 3.69. The maximum absolute atomic E-state index is 11.7. The van der Waals surface area contributed by atoms with Crippen LogP contribution < -0.4 is 4.90 Å². The number of anilines is 1. The third-order valence-electron chi connectivity index (χ3n) is 2.63. The van der Waals surface area contributed by atoms with Crippen LogP contribution in [0.1, 0.15) is 29.6 Å². The topological polar surface area (TPSA) is 49.0 Å². The van der Waals surface area contributed by atoms with Crippen LogP contribution in [0.4, 0.5) is 5.82 Å². The summed E-state index contributed by atoms with van der Waals surface area (Å²) in [6.45, 7) is 1.90. The van der Waals surface area contributed by atoms with Crippen LogP contribution in [0, 0.1) is 0 Å². The zero-order valence-corrected chi connectivity index (χ0v) is 10.1. The number of aromatic nitrogens is 2. The Labute approximate surface area is 97.2 Å². The van der Waals surface area contributed by atoms with E-state index in [2.05, 4.69) is 31.0 Å². The number of rotatable bonds is 3. The van der Waals surface area contributed by atoms with Crippen molar-refractivity contribution in [3.05, 3.63) is 11.8 Å². The number of carbonyl (C=O) groups excluding carboxylic acids is 1. The number of hydrogen-bond acceptors (Lipinski definition) is 3. The molecule has 0 aromatic carbocycles. The molecule has 0 atom stereocenters. The van der Waals surface area contributed by atoms with Gasteiger partial charge in [-0.15, -0.1) is 0 Å². The van der Waals surface area contributed by atoms with Crippen LogP contribution in [0.2, 0.25) is 0 Å². The summed E-state index contributed by atoms with van der Waals surface area (Å²) < 4.78 is 0. The summed E-state index contributed by atoms with van der Waals surface area (Å²) in [7, 11) is 0. The highest BCUT2D eigenvalue weighted by molar-refractivity contribution is 9.09. The van der Waals surface area contributed by atoms with Gasteiger partial charge in [0.15, 0.2) is 5.78 Å². The predicted molar refractivity (Wildman–Crippen MR) is 62.8 cm³/mol. The lowest BCUT2D eigenvalue weighted by Crippen LogP contribution is -2.25. The summed E-state index contributed by atoms with van der Waals surface area (Å²) in [6, 6.07) is 0. The summed E-state index contributed by atoms with van der Waals surface area (Å²) >= 11 is 3.42. The van der Waals surface area contributed by atoms with Gasteiger partial charge in [-0.3, -0.25) is 9.89 Å². The van der Waals surface area contributed by atoms with E-state index in [4.69, 9.17) is 0 Å². The molecule has 0 fully saturated rings. The van der Waals surface area contributed by atoms with Crippen LogP contribution in [0.25, 0.3) is 0 Å². The molecule has 0 bridgehead atoms. The van der Waals surface area contributed by atoms with E-state index in [0.29, 0.717) is 6.42 Å². The zero-order valence-electron chi connectivity index (χ0n) is 8.50. The molecule has 0 saturated carbocycles. The number of alkyl halides is 1. The minimum Gasteiger partial charge on any atom is -0.356 e. The summed E-state index contributed by atoms with van der Waals surface area (Å²) in [6.07, 6.45) is 4.29. The largest absolute Gasteiger partial charge is 0.356 e. The Morgan fingerprint density at radius 2 is 2.47 bits per heavy atom. The molecule has 1 aliphatic heterocycles. The lowest BCUT2D eigenvalue weighted by atomic mass is 10.1. The fourth-order valence-corrected chi connectivity index (χ4v) is 2.13. The highest BCUT2D eigenvalue weighted by atomic mass is 79.9. The normalized spacial score (nSPS) is 16.3. The van der Waals surface area contributed by atoms with Gasteiger partial charge in [0.2, 0.25) is 0 Å². The number of hydrogen-bond donors (Lipinski definition) is 1. The number of Topliss-reactive ketones (excluding diaryl/α,β-unsaturated/α-hetero) is 1. The van der Waals surface area contributed by atoms with Crippen molar-refractivity contribution in [3.8, 4) is 0 Å². The first-order chi connectivity index (χ1) is 7.33. The highest BCUT2D eigenvalue weighted by Gasteiger charge is 2.22. The maximum Gasteiger partial charge on any atom is 0.168 e. The third kappa shape index (κ3) is 2.22. The van der Waals surface area contributed by atoms with Crippen molar-refractivity contribution in [1.29, 1.82) is 0 Å². The molecule has 0 radical (unpaired) electrons. The quantitative estimate of drug-likeness (QED) is 0.856. The van der Waals surface area contributed by atoms with Gasteiger partial charge in [-0.05, 0) is 12.8 Å². The van der Waals surface area contributed by atoms with E-state index in [1.54, 1.807) is 6.20 Å². The lowest BCUT2D eigenvalue weighted by molar-refractivity contribution is 0.0984. The number of carbonyl (C=O) groups is 1. The van der Waals surface area contributed by atoms with Gasteiger partial charge in [-0.1, -0.05) is 15.9 Å². The Morgan fingerprint density at radius 1 is 1.60 bits per heavy atom. The molecule has 1 aromatic heterocycles. The first-order valence-electron chi connectivity index (χ1n) is 5.20. The van der Waals surface area contributed by atoms with E-state index < -0.39 is 0 Å². The van der Waals surface area contributed by atoms with Crippen molar-refractivity contribution in [2.24, 2.45) is 0 Å². The minimum absolute atomic E-state index is 0.208. The number of ketones is 1. The summed E-state index contributed by atoms with van der Waals surface area (Å²) in [5, 5.41) is 7.87. The fourth-order valence-electron chi connectivity index (χ4n) is 1.88. The van der Waals surface area contributed by atoms with Crippen LogP contribution in [-0.4, -0.2) is 34.4 Å². The molecule has 1 aromatic rings. The van der Waals surface area contributed by atoms with E-state index >= 15 is 0 Å². The molecule has 2 heterocycles. The van der Waals surface area contributed by atoms with Gasteiger partial charge in [0, 0.05) is 24.8 Å². The fraction of sp³-hybridized carbons (Fsp3) is 0.600. The monoisotopic (exact) mass is 271 g/mol. The molecule has 15 heavy (non-hydrogen) atoms. The standard InChI is InChI=1S/C10H14BrN3O/c11-4-2-6-14-5-1-3-9(15)8-7-12-13-10(8)14/h7H,1-6H2,(H,12,13). The molecule has 4 nitrogen and oxygen atoms in total. The summed E-state index contributed by atoms with van der Waals surface area (Å²) in [4.78, 5) is 13.9. The number of fused-ring (bicyclic) bond motifs is 1. The van der Waals surface area contributed by atoms with Gasteiger partial charge in [-0.2, -0.15) is 5.10 Å². The molecule has 0 unspecified atom stereocenters. The number of H-pyrrole nitrogens is 1. The molecule has 1 aliphatic rings. The van der Waals surface area contributed by atoms with Crippen molar-refractivity contribution in [2.45, 2.75) is 19.3 Å². The van der Waals surface area contributed by atoms with Crippen LogP contribution in [0.15, 0.2) is 6.20 Å². The van der Waals surface area contributed by atoms with Crippen LogP contribution in [-0.2, 0) is 0 Å². The minimum atomic E-state index is 0.208. The molecule has 0 aliphatic carbocycles. The van der Waals surface area contributed by atoms with Crippen molar-refractivity contribution in [2.75, 3.05) is 23.3 Å². The van der Waals surface area contributed by atoms with Gasteiger partial charge in [0.1, 0.15) is 5.82 Å². The molecule has 82 valence electrons. The molecule has 2 rings (SSSR count). The lowest BCUT2D eigenvalue weighted by Gasteiger charge is -2.21. The average Bonchev–Trinajstić information content (AvgIpc) is 2.66. The second kappa shape index (κ2) is 4.79. The van der Waals surface area contributed by atoms with Crippen LogP contribution in [0.3, 0.4) is 0 Å². The predicted octanol–water partition coefficient (Wildman–Crippen LogP) is 1.98. The summed E-state index contributed by atoms with van der Waals surface area (Å²) in [5.74, 6) is 1.11. The Kier molecular flexibility index (Phi) is 3.41. The number of nitrogens with zero attached hydrogens (tertiary/aromatic N) is 2. The van der Waals surface area contributed by atoms with Gasteiger partial charge >= 0.3 is 0 Å². The third-order valence-corrected chi connectivity index (χ3v) is 3.19. The molecule has 1 N–H and O–H groups in total. The molecular formula is C10H14BrN3O. The smallest absolute Gasteiger partial charge is 0.168 e. The Balaban J connectivity index is 2.20. The molecule has 5 heteroatoms. The first kappa shape index (κ1) is 10.7. The number of nitrogens with one attached hydrogen (secondary N) is 1. The van der Waals surface area contributed by atoms with Gasteiger partial charge in [0.25, 0.3) is 0 Å². The van der Waals surface area contributed by atoms with E-state index in [-0.39, 0.29) is 5.78 Å². The number of aromatic amines is 1. The van der Waals surface area contributed by atoms with Crippen molar-refractivity contribution in [3.63, 3.8) is 0 Å². The molecule has 0 spiro atoms. The van der Waals surface area contributed by atoms with Gasteiger partial charge < -0.3 is 4.90 Å².